The van der Waals surface area contributed by atoms with Crippen molar-refractivity contribution in [3.8, 4) is 5.75 Å². The van der Waals surface area contributed by atoms with E-state index in [-0.39, 0.29) is 5.75 Å². The van der Waals surface area contributed by atoms with Gasteiger partial charge in [0, 0.05) is 5.39 Å². The van der Waals surface area contributed by atoms with Crippen LogP contribution < -0.4 is 10.2 Å². The lowest BCUT2D eigenvalue weighted by atomic mass is 10.0. The molecule has 2 aromatic carbocycles. The third-order valence-corrected chi connectivity index (χ3v) is 3.95. The molecule has 0 amide bonds. The fraction of sp³-hybridized carbons (Fsp3) is 0.200. The molecule has 26 heavy (non-hydrogen) atoms. The molecule has 0 aliphatic rings. The van der Waals surface area contributed by atoms with Crippen LogP contribution in [0.15, 0.2) is 47.6 Å². The summed E-state index contributed by atoms with van der Waals surface area (Å²) < 4.78 is 28.6. The van der Waals surface area contributed by atoms with Crippen molar-refractivity contribution in [1.82, 2.24) is 4.98 Å². The van der Waals surface area contributed by atoms with Crippen LogP contribution in [0.4, 0.5) is 14.6 Å². The molecule has 0 aliphatic heterocycles. The number of fused-ring (bicyclic) bond motifs is 1. The van der Waals surface area contributed by atoms with E-state index >= 15 is 0 Å². The van der Waals surface area contributed by atoms with Crippen molar-refractivity contribution < 1.29 is 13.5 Å². The van der Waals surface area contributed by atoms with E-state index in [0.717, 1.165) is 27.6 Å². The zero-order chi connectivity index (χ0) is 18.7. The Morgan fingerprint density at radius 3 is 2.46 bits per heavy atom. The first kappa shape index (κ1) is 17.8. The molecule has 0 atom stereocenters. The van der Waals surface area contributed by atoms with Crippen LogP contribution in [0.25, 0.3) is 10.9 Å². The van der Waals surface area contributed by atoms with Crippen LogP contribution in [0.5, 0.6) is 5.75 Å². The normalized spacial score (nSPS) is 11.5. The number of nitrogens with zero attached hydrogens (tertiary/aromatic N) is 2. The number of nitrogens with one attached hydrogen (secondary N) is 1. The molecule has 0 spiro atoms. The lowest BCUT2D eigenvalue weighted by Crippen LogP contribution is -2.01. The van der Waals surface area contributed by atoms with Gasteiger partial charge >= 0.3 is 6.61 Å². The van der Waals surface area contributed by atoms with Crippen molar-refractivity contribution in [1.29, 1.82) is 0 Å². The van der Waals surface area contributed by atoms with Gasteiger partial charge in [-0.15, -0.1) is 0 Å². The minimum absolute atomic E-state index is 0.114. The van der Waals surface area contributed by atoms with E-state index in [4.69, 9.17) is 0 Å². The van der Waals surface area contributed by atoms with Gasteiger partial charge in [-0.3, -0.25) is 5.43 Å². The average molecular weight is 355 g/mol. The van der Waals surface area contributed by atoms with Crippen molar-refractivity contribution >= 4 is 22.9 Å². The number of aryl methyl sites for hydroxylation is 3. The summed E-state index contributed by atoms with van der Waals surface area (Å²) in [5.41, 5.74) is 8.06. The molecule has 0 bridgehead atoms. The van der Waals surface area contributed by atoms with E-state index in [1.54, 1.807) is 18.3 Å². The second-order valence-corrected chi connectivity index (χ2v) is 6.12. The smallest absolute Gasteiger partial charge is 0.387 e. The fourth-order valence-electron chi connectivity index (χ4n) is 2.81. The Morgan fingerprint density at radius 2 is 1.77 bits per heavy atom. The Kier molecular flexibility index (Phi) is 5.11. The lowest BCUT2D eigenvalue weighted by Gasteiger charge is -2.09. The van der Waals surface area contributed by atoms with Crippen molar-refractivity contribution in [2.45, 2.75) is 27.4 Å². The van der Waals surface area contributed by atoms with E-state index in [0.29, 0.717) is 5.82 Å². The van der Waals surface area contributed by atoms with Gasteiger partial charge in [-0.1, -0.05) is 11.6 Å². The summed E-state index contributed by atoms with van der Waals surface area (Å²) in [6.07, 6.45) is 1.59. The number of ether oxygens (including phenoxy) is 1. The van der Waals surface area contributed by atoms with Gasteiger partial charge in [-0.05, 0) is 73.9 Å². The summed E-state index contributed by atoms with van der Waals surface area (Å²) >= 11 is 0. The zero-order valence-corrected chi connectivity index (χ0v) is 14.8. The van der Waals surface area contributed by atoms with Crippen LogP contribution in [-0.4, -0.2) is 17.8 Å². The summed E-state index contributed by atoms with van der Waals surface area (Å²) in [6, 6.07) is 12.4. The Labute approximate surface area is 150 Å². The van der Waals surface area contributed by atoms with E-state index in [9.17, 15) is 8.78 Å². The molecule has 3 aromatic rings. The topological polar surface area (TPSA) is 46.5 Å². The maximum absolute atomic E-state index is 12.1. The fourth-order valence-corrected chi connectivity index (χ4v) is 2.81. The van der Waals surface area contributed by atoms with Gasteiger partial charge in [0.25, 0.3) is 0 Å². The number of hydrogen-bond donors (Lipinski definition) is 1. The first-order valence-electron chi connectivity index (χ1n) is 8.15. The van der Waals surface area contributed by atoms with E-state index in [1.165, 1.54) is 17.7 Å². The highest BCUT2D eigenvalue weighted by molar-refractivity contribution is 5.87. The molecule has 0 radical (unpaired) electrons. The quantitative estimate of drug-likeness (QED) is 0.505. The van der Waals surface area contributed by atoms with Crippen molar-refractivity contribution in [3.05, 3.63) is 64.7 Å². The Morgan fingerprint density at radius 1 is 1.04 bits per heavy atom. The van der Waals surface area contributed by atoms with Crippen LogP contribution >= 0.6 is 0 Å². The number of hydrogen-bond acceptors (Lipinski definition) is 4. The van der Waals surface area contributed by atoms with Crippen LogP contribution in [0.2, 0.25) is 0 Å². The van der Waals surface area contributed by atoms with Crippen LogP contribution in [0.3, 0.4) is 0 Å². The minimum atomic E-state index is -2.83. The minimum Gasteiger partial charge on any atom is -0.435 e. The van der Waals surface area contributed by atoms with Gasteiger partial charge in [0.1, 0.15) is 11.6 Å². The predicted octanol–water partition coefficient (Wildman–Crippen LogP) is 5.21. The first-order chi connectivity index (χ1) is 12.4. The predicted molar refractivity (Wildman–Crippen MR) is 100 cm³/mol. The van der Waals surface area contributed by atoms with Crippen molar-refractivity contribution in [2.75, 3.05) is 5.43 Å². The lowest BCUT2D eigenvalue weighted by molar-refractivity contribution is -0.0498. The van der Waals surface area contributed by atoms with E-state index in [2.05, 4.69) is 39.3 Å². The van der Waals surface area contributed by atoms with Crippen LogP contribution in [0, 0.1) is 20.8 Å². The van der Waals surface area contributed by atoms with Crippen LogP contribution in [0.1, 0.15) is 22.3 Å². The van der Waals surface area contributed by atoms with E-state index < -0.39 is 6.61 Å². The second kappa shape index (κ2) is 7.47. The van der Waals surface area contributed by atoms with Gasteiger partial charge in [-0.25, -0.2) is 4.98 Å². The summed E-state index contributed by atoms with van der Waals surface area (Å²) in [5, 5.41) is 5.30. The molecule has 1 aromatic heterocycles. The molecule has 0 saturated carbocycles. The third-order valence-electron chi connectivity index (χ3n) is 3.95. The number of pyridine rings is 1. The van der Waals surface area contributed by atoms with Crippen molar-refractivity contribution in [3.63, 3.8) is 0 Å². The SMILES string of the molecule is Cc1cc(C)c2nc(NN=Cc3ccc(OC(F)F)cc3)cc(C)c2c1. The van der Waals surface area contributed by atoms with E-state index in [1.807, 2.05) is 19.9 Å². The average Bonchev–Trinajstić information content (AvgIpc) is 2.57. The third kappa shape index (κ3) is 4.14. The van der Waals surface area contributed by atoms with Gasteiger partial charge < -0.3 is 4.74 Å². The van der Waals surface area contributed by atoms with Gasteiger partial charge in [0.05, 0.1) is 11.7 Å². The van der Waals surface area contributed by atoms with Gasteiger partial charge in [0.2, 0.25) is 0 Å². The summed E-state index contributed by atoms with van der Waals surface area (Å²) in [4.78, 5) is 4.63. The number of hydrazone groups is 1. The maximum atomic E-state index is 12.1. The largest absolute Gasteiger partial charge is 0.435 e. The standard InChI is InChI=1S/C20H19F2N3O/c1-12-8-14(3)19-17(9-12)13(2)10-18(24-19)25-23-11-15-4-6-16(7-5-15)26-20(21)22/h4-11,20H,1-3H3,(H,24,25). The Hall–Kier alpha value is -3.02. The number of halogens is 2. The highest BCUT2D eigenvalue weighted by atomic mass is 19.3. The maximum Gasteiger partial charge on any atom is 0.387 e. The second-order valence-electron chi connectivity index (χ2n) is 6.12. The molecular weight excluding hydrogens is 336 g/mol. The number of aromatic nitrogens is 1. The molecule has 6 heteroatoms. The van der Waals surface area contributed by atoms with Crippen molar-refractivity contribution in [2.24, 2.45) is 5.10 Å². The Bertz CT molecular complexity index is 953. The molecule has 4 nitrogen and oxygen atoms in total. The summed E-state index contributed by atoms with van der Waals surface area (Å²) in [5.74, 6) is 0.763. The molecule has 3 rings (SSSR count). The monoisotopic (exact) mass is 355 g/mol. The van der Waals surface area contributed by atoms with Gasteiger partial charge in [0.15, 0.2) is 0 Å². The zero-order valence-electron chi connectivity index (χ0n) is 14.8. The first-order valence-corrected chi connectivity index (χ1v) is 8.15. The summed E-state index contributed by atoms with van der Waals surface area (Å²) in [7, 11) is 0. The molecule has 134 valence electrons. The number of alkyl halides is 2. The summed E-state index contributed by atoms with van der Waals surface area (Å²) in [6.45, 7) is 3.32. The Balaban J connectivity index is 1.76. The van der Waals surface area contributed by atoms with Crippen LogP contribution in [-0.2, 0) is 0 Å². The molecule has 0 aliphatic carbocycles. The highest BCUT2D eigenvalue weighted by Crippen LogP contribution is 2.24. The molecular formula is C20H19F2N3O. The highest BCUT2D eigenvalue weighted by Gasteiger charge is 2.06. The molecule has 0 saturated heterocycles. The number of rotatable bonds is 5. The molecule has 1 heterocycles. The number of benzene rings is 2. The molecule has 1 N–H and O–H groups in total. The van der Waals surface area contributed by atoms with Gasteiger partial charge in [-0.2, -0.15) is 13.9 Å². The molecule has 0 fully saturated rings. The number of anilines is 1. The molecule has 0 unspecified atom stereocenters.